The van der Waals surface area contributed by atoms with Gasteiger partial charge in [-0.2, -0.15) is 0 Å². The molecule has 3 rings (SSSR count). The number of aromatic amines is 1. The molecule has 0 radical (unpaired) electrons. The monoisotopic (exact) mass is 427 g/mol. The number of methoxy groups -OCH3 is 1. The molecule has 1 heterocycles. The molecule has 0 atom stereocenters. The van der Waals surface area contributed by atoms with Crippen LogP contribution in [0.25, 0.3) is 22.0 Å². The molecule has 0 aliphatic rings. The number of rotatable bonds is 10. The molecule has 31 heavy (non-hydrogen) atoms. The van der Waals surface area contributed by atoms with E-state index in [-0.39, 0.29) is 0 Å². The molecule has 0 bridgehead atoms. The number of hydrogen-bond donors (Lipinski definition) is 1. The summed E-state index contributed by atoms with van der Waals surface area (Å²) < 4.78 is 28.0. The molecule has 3 aromatic rings. The fourth-order valence-corrected chi connectivity index (χ4v) is 3.50. The second-order valence-corrected chi connectivity index (χ2v) is 6.60. The quantitative estimate of drug-likeness (QED) is 0.447. The number of hydrogen-bond acceptors (Lipinski definition) is 6. The number of H-pyrrole nitrogens is 1. The number of fused-ring (bicyclic) bond motifs is 1. The van der Waals surface area contributed by atoms with Crippen LogP contribution < -0.4 is 18.9 Å². The molecular weight excluding hydrogens is 398 g/mol. The third kappa shape index (κ3) is 4.55. The summed E-state index contributed by atoms with van der Waals surface area (Å²) in [6.45, 7) is 9.67. The van der Waals surface area contributed by atoms with Crippen LogP contribution in [-0.4, -0.2) is 44.5 Å². The summed E-state index contributed by atoms with van der Waals surface area (Å²) >= 11 is 0. The van der Waals surface area contributed by atoms with Crippen LogP contribution in [-0.2, 0) is 4.74 Å². The first-order valence-corrected chi connectivity index (χ1v) is 10.5. The van der Waals surface area contributed by atoms with Gasteiger partial charge in [-0.1, -0.05) is 6.07 Å². The molecule has 1 N–H and O–H groups in total. The van der Waals surface area contributed by atoms with Crippen molar-refractivity contribution in [1.82, 2.24) is 4.98 Å². The van der Waals surface area contributed by atoms with E-state index >= 15 is 0 Å². The predicted octanol–water partition coefficient (Wildman–Crippen LogP) is 5.22. The van der Waals surface area contributed by atoms with Gasteiger partial charge in [0.1, 0.15) is 5.69 Å². The lowest BCUT2D eigenvalue weighted by Crippen LogP contribution is -2.04. The van der Waals surface area contributed by atoms with E-state index in [0.717, 1.165) is 16.5 Å². The van der Waals surface area contributed by atoms with Gasteiger partial charge in [-0.3, -0.25) is 0 Å². The minimum atomic E-state index is -0.464. The van der Waals surface area contributed by atoms with Crippen molar-refractivity contribution in [3.8, 4) is 34.1 Å². The van der Waals surface area contributed by atoms with E-state index in [1.165, 1.54) is 7.11 Å². The average molecular weight is 427 g/mol. The number of carbonyl (C=O) groups excluding carboxylic acids is 1. The first-order chi connectivity index (χ1) is 15.1. The Morgan fingerprint density at radius 3 is 1.90 bits per heavy atom. The highest BCUT2D eigenvalue weighted by Crippen LogP contribution is 2.42. The van der Waals surface area contributed by atoms with Gasteiger partial charge in [-0.15, -0.1) is 0 Å². The van der Waals surface area contributed by atoms with Crippen LogP contribution in [0.3, 0.4) is 0 Å². The first-order valence-electron chi connectivity index (χ1n) is 10.5. The maximum absolute atomic E-state index is 12.6. The molecule has 0 aliphatic carbocycles. The Hall–Kier alpha value is -3.35. The first kappa shape index (κ1) is 22.3. The van der Waals surface area contributed by atoms with Gasteiger partial charge in [0.2, 0.25) is 0 Å². The number of nitrogens with one attached hydrogen (secondary N) is 1. The topological polar surface area (TPSA) is 79.0 Å². The van der Waals surface area contributed by atoms with Crippen molar-refractivity contribution in [2.24, 2.45) is 0 Å². The molecule has 0 spiro atoms. The Morgan fingerprint density at radius 1 is 0.774 bits per heavy atom. The fraction of sp³-hybridized carbons (Fsp3) is 0.375. The van der Waals surface area contributed by atoms with E-state index in [1.54, 1.807) is 0 Å². The normalized spacial score (nSPS) is 10.7. The molecule has 1 aromatic heterocycles. The van der Waals surface area contributed by atoms with Crippen molar-refractivity contribution in [2.45, 2.75) is 27.7 Å². The Morgan fingerprint density at radius 2 is 1.32 bits per heavy atom. The second kappa shape index (κ2) is 10.1. The number of carbonyl (C=O) groups is 1. The summed E-state index contributed by atoms with van der Waals surface area (Å²) in [5, 5.41) is 0.818. The zero-order valence-corrected chi connectivity index (χ0v) is 18.7. The van der Waals surface area contributed by atoms with Gasteiger partial charge in [0, 0.05) is 17.0 Å². The summed E-state index contributed by atoms with van der Waals surface area (Å²) in [7, 11) is 1.36. The SMILES string of the molecule is CCOc1ccc(-c2c(C(=O)OC)[nH]c3cc(OCC)c(OCC)cc23)cc1OCC. The van der Waals surface area contributed by atoms with Gasteiger partial charge in [-0.05, 0) is 51.5 Å². The molecule has 0 amide bonds. The Bertz CT molecular complexity index is 1060. The van der Waals surface area contributed by atoms with E-state index in [1.807, 2.05) is 58.0 Å². The predicted molar refractivity (Wildman–Crippen MR) is 120 cm³/mol. The molecule has 0 saturated heterocycles. The molecular formula is C24H29NO6. The standard InChI is InChI=1S/C24H29NO6/c1-6-28-18-11-10-15(12-19(18)29-7-2)22-16-13-20(30-8-3)21(31-9-4)14-17(16)25-23(22)24(26)27-5/h10-14,25H,6-9H2,1-5H3. The van der Waals surface area contributed by atoms with Crippen LogP contribution in [0, 0.1) is 0 Å². The summed E-state index contributed by atoms with van der Waals surface area (Å²) in [5.41, 5.74) is 2.59. The smallest absolute Gasteiger partial charge is 0.355 e. The summed E-state index contributed by atoms with van der Waals surface area (Å²) in [4.78, 5) is 15.8. The maximum Gasteiger partial charge on any atom is 0.355 e. The highest BCUT2D eigenvalue weighted by molar-refractivity contribution is 6.09. The molecule has 0 unspecified atom stereocenters. The molecule has 0 fully saturated rings. The van der Waals surface area contributed by atoms with Crippen molar-refractivity contribution < 1.29 is 28.5 Å². The molecule has 0 aliphatic heterocycles. The van der Waals surface area contributed by atoms with Crippen LogP contribution >= 0.6 is 0 Å². The number of esters is 1. The largest absolute Gasteiger partial charge is 0.490 e. The highest BCUT2D eigenvalue weighted by atomic mass is 16.5. The highest BCUT2D eigenvalue weighted by Gasteiger charge is 2.23. The summed E-state index contributed by atoms with van der Waals surface area (Å²) in [6.07, 6.45) is 0. The lowest BCUT2D eigenvalue weighted by atomic mass is 10.0. The Labute approximate surface area is 182 Å². The zero-order valence-electron chi connectivity index (χ0n) is 18.7. The van der Waals surface area contributed by atoms with Crippen LogP contribution in [0.5, 0.6) is 23.0 Å². The molecule has 0 saturated carbocycles. The van der Waals surface area contributed by atoms with Crippen LogP contribution in [0.15, 0.2) is 30.3 Å². The molecule has 7 heteroatoms. The maximum atomic E-state index is 12.6. The average Bonchev–Trinajstić information content (AvgIpc) is 3.13. The zero-order chi connectivity index (χ0) is 22.4. The van der Waals surface area contributed by atoms with Gasteiger partial charge in [0.05, 0.1) is 39.1 Å². The number of benzene rings is 2. The van der Waals surface area contributed by atoms with Crippen molar-refractivity contribution in [1.29, 1.82) is 0 Å². The number of ether oxygens (including phenoxy) is 5. The van der Waals surface area contributed by atoms with Gasteiger partial charge >= 0.3 is 5.97 Å². The van der Waals surface area contributed by atoms with Crippen molar-refractivity contribution in [2.75, 3.05) is 33.5 Å². The summed E-state index contributed by atoms with van der Waals surface area (Å²) in [5.74, 6) is 2.03. The lowest BCUT2D eigenvalue weighted by Gasteiger charge is -2.14. The van der Waals surface area contributed by atoms with Crippen LogP contribution in [0.2, 0.25) is 0 Å². The van der Waals surface area contributed by atoms with Crippen molar-refractivity contribution >= 4 is 16.9 Å². The summed E-state index contributed by atoms with van der Waals surface area (Å²) in [6, 6.07) is 9.36. The Balaban J connectivity index is 2.27. The van der Waals surface area contributed by atoms with Crippen LogP contribution in [0.1, 0.15) is 38.2 Å². The molecule has 166 valence electrons. The van der Waals surface area contributed by atoms with E-state index in [4.69, 9.17) is 23.7 Å². The van der Waals surface area contributed by atoms with Crippen molar-refractivity contribution in [3.63, 3.8) is 0 Å². The van der Waals surface area contributed by atoms with Gasteiger partial charge in [0.25, 0.3) is 0 Å². The minimum absolute atomic E-state index is 0.347. The van der Waals surface area contributed by atoms with E-state index < -0.39 is 5.97 Å². The molecule has 2 aromatic carbocycles. The third-order valence-corrected chi connectivity index (χ3v) is 4.68. The Kier molecular flexibility index (Phi) is 7.28. The van der Waals surface area contributed by atoms with E-state index in [9.17, 15) is 4.79 Å². The number of aromatic nitrogens is 1. The van der Waals surface area contributed by atoms with Crippen molar-refractivity contribution in [3.05, 3.63) is 36.0 Å². The lowest BCUT2D eigenvalue weighted by molar-refractivity contribution is 0.0596. The molecule has 7 nitrogen and oxygen atoms in total. The van der Waals surface area contributed by atoms with E-state index in [2.05, 4.69) is 4.98 Å². The van der Waals surface area contributed by atoms with Gasteiger partial charge in [0.15, 0.2) is 23.0 Å². The van der Waals surface area contributed by atoms with Gasteiger partial charge in [-0.25, -0.2) is 4.79 Å². The van der Waals surface area contributed by atoms with E-state index in [0.29, 0.717) is 60.7 Å². The minimum Gasteiger partial charge on any atom is -0.490 e. The van der Waals surface area contributed by atoms with Gasteiger partial charge < -0.3 is 28.7 Å². The fourth-order valence-electron chi connectivity index (χ4n) is 3.50. The second-order valence-electron chi connectivity index (χ2n) is 6.60. The third-order valence-electron chi connectivity index (χ3n) is 4.68. The van der Waals surface area contributed by atoms with Crippen LogP contribution in [0.4, 0.5) is 0 Å².